The van der Waals surface area contributed by atoms with Crippen molar-refractivity contribution >= 4 is 21.6 Å². The van der Waals surface area contributed by atoms with E-state index in [-0.39, 0.29) is 28.3 Å². The number of H-pyrrole nitrogens is 1. The van der Waals surface area contributed by atoms with Crippen LogP contribution in [0.1, 0.15) is 49.8 Å². The number of carbonyl (C=O) groups excluding carboxylic acids is 1. The molecule has 0 bridgehead atoms. The van der Waals surface area contributed by atoms with Crippen LogP contribution in [-0.2, 0) is 15.4 Å². The lowest BCUT2D eigenvalue weighted by atomic mass is 9.92. The van der Waals surface area contributed by atoms with Crippen LogP contribution >= 0.6 is 0 Å². The van der Waals surface area contributed by atoms with Crippen molar-refractivity contribution in [3.05, 3.63) is 41.7 Å². The lowest BCUT2D eigenvalue weighted by molar-refractivity contribution is 0.0673. The van der Waals surface area contributed by atoms with Gasteiger partial charge >= 0.3 is 0 Å². The van der Waals surface area contributed by atoms with E-state index in [1.165, 1.54) is 0 Å². The Balaban J connectivity index is 1.41. The molecule has 9 heteroatoms. The van der Waals surface area contributed by atoms with E-state index in [1.54, 1.807) is 23.1 Å². The minimum Gasteiger partial charge on any atom is -0.368 e. The van der Waals surface area contributed by atoms with E-state index in [9.17, 15) is 13.2 Å². The first-order chi connectivity index (χ1) is 13.6. The Hall–Kier alpha value is -2.39. The van der Waals surface area contributed by atoms with Crippen LogP contribution < -0.4 is 10.0 Å². The molecule has 8 nitrogen and oxygen atoms in total. The zero-order chi connectivity index (χ0) is 20.8. The van der Waals surface area contributed by atoms with Crippen LogP contribution in [0.5, 0.6) is 0 Å². The first-order valence-electron chi connectivity index (χ1n) is 9.88. The zero-order valence-electron chi connectivity index (χ0n) is 16.9. The lowest BCUT2D eigenvalue weighted by Crippen LogP contribution is -2.52. The van der Waals surface area contributed by atoms with Crippen molar-refractivity contribution in [3.63, 3.8) is 0 Å². The molecule has 156 valence electrons. The molecular formula is C20H27N5O3S. The Labute approximate surface area is 171 Å². The van der Waals surface area contributed by atoms with Gasteiger partial charge in [0.15, 0.2) is 0 Å². The van der Waals surface area contributed by atoms with Gasteiger partial charge in [-0.3, -0.25) is 9.89 Å². The topological polar surface area (TPSA) is 107 Å². The van der Waals surface area contributed by atoms with Crippen LogP contribution in [0.3, 0.4) is 0 Å². The molecule has 1 aromatic heterocycles. The molecule has 2 aliphatic rings. The first kappa shape index (κ1) is 19.9. The highest BCUT2D eigenvalue weighted by Gasteiger charge is 2.36. The fourth-order valence-electron chi connectivity index (χ4n) is 3.88. The largest absolute Gasteiger partial charge is 0.368 e. The molecule has 1 atom stereocenters. The Kier molecular flexibility index (Phi) is 4.90. The van der Waals surface area contributed by atoms with Gasteiger partial charge in [0.1, 0.15) is 10.6 Å². The zero-order valence-corrected chi connectivity index (χ0v) is 17.7. The Morgan fingerprint density at radius 1 is 1.17 bits per heavy atom. The number of piperidine rings is 1. The standard InChI is InChI=1S/C20H27N5O3S/c1-20(2,3)17-12-15(22-23-17)19(26)25-10-8-13(9-11-25)18-21-14-6-4-5-7-16(14)29(27,28)24-18/h4-7,12-13,18,21,24H,8-11H2,1-3H3,(H,22,23). The second-order valence-corrected chi connectivity index (χ2v) is 10.5. The third kappa shape index (κ3) is 3.89. The van der Waals surface area contributed by atoms with Crippen LogP contribution in [-0.4, -0.2) is 48.7 Å². The van der Waals surface area contributed by atoms with Crippen LogP contribution in [0, 0.1) is 5.92 Å². The van der Waals surface area contributed by atoms with Crippen molar-refractivity contribution in [2.24, 2.45) is 5.92 Å². The van der Waals surface area contributed by atoms with Crippen LogP contribution in [0.4, 0.5) is 5.69 Å². The second kappa shape index (κ2) is 7.14. The molecule has 1 saturated heterocycles. The summed E-state index contributed by atoms with van der Waals surface area (Å²) in [7, 11) is -3.53. The number of anilines is 1. The predicted octanol–water partition coefficient (Wildman–Crippen LogP) is 2.29. The summed E-state index contributed by atoms with van der Waals surface area (Å²) in [5.41, 5.74) is 1.88. The molecule has 0 saturated carbocycles. The quantitative estimate of drug-likeness (QED) is 0.695. The van der Waals surface area contributed by atoms with Gasteiger partial charge in [0.05, 0.1) is 11.9 Å². The van der Waals surface area contributed by atoms with Crippen LogP contribution in [0.15, 0.2) is 35.2 Å². The van der Waals surface area contributed by atoms with Gasteiger partial charge in [0, 0.05) is 24.2 Å². The first-order valence-corrected chi connectivity index (χ1v) is 11.4. The highest BCUT2D eigenvalue weighted by Crippen LogP contribution is 2.31. The van der Waals surface area contributed by atoms with Gasteiger partial charge in [0.2, 0.25) is 10.0 Å². The van der Waals surface area contributed by atoms with Crippen molar-refractivity contribution in [2.75, 3.05) is 18.4 Å². The SMILES string of the molecule is CC(C)(C)c1cc(C(=O)N2CCC(C3Nc4ccccc4S(=O)(=O)N3)CC2)n[nH]1. The molecular weight excluding hydrogens is 390 g/mol. The van der Waals surface area contributed by atoms with E-state index in [0.717, 1.165) is 5.69 Å². The van der Waals surface area contributed by atoms with Gasteiger partial charge in [0.25, 0.3) is 5.91 Å². The summed E-state index contributed by atoms with van der Waals surface area (Å²) >= 11 is 0. The maximum atomic E-state index is 12.8. The molecule has 0 radical (unpaired) electrons. The Morgan fingerprint density at radius 3 is 2.52 bits per heavy atom. The fourth-order valence-corrected chi connectivity index (χ4v) is 5.26. The number of carbonyl (C=O) groups is 1. The summed E-state index contributed by atoms with van der Waals surface area (Å²) in [6, 6.07) is 8.73. The van der Waals surface area contributed by atoms with Crippen LogP contribution in [0.2, 0.25) is 0 Å². The molecule has 4 rings (SSSR count). The summed E-state index contributed by atoms with van der Waals surface area (Å²) < 4.78 is 27.8. The third-order valence-corrected chi connectivity index (χ3v) is 7.17. The van der Waals surface area contributed by atoms with Crippen molar-refractivity contribution in [2.45, 2.75) is 50.1 Å². The Morgan fingerprint density at radius 2 is 1.86 bits per heavy atom. The molecule has 2 aliphatic heterocycles. The summed E-state index contributed by atoms with van der Waals surface area (Å²) in [5, 5.41) is 10.5. The summed E-state index contributed by atoms with van der Waals surface area (Å²) in [6.45, 7) is 7.34. The molecule has 1 aromatic carbocycles. The molecule has 1 unspecified atom stereocenters. The molecule has 1 fully saturated rings. The number of amides is 1. The maximum absolute atomic E-state index is 12.8. The smallest absolute Gasteiger partial charge is 0.274 e. The average molecular weight is 418 g/mol. The number of para-hydroxylation sites is 1. The van der Waals surface area contributed by atoms with Gasteiger partial charge in [-0.05, 0) is 37.0 Å². The number of aromatic nitrogens is 2. The molecule has 0 spiro atoms. The number of likely N-dealkylation sites (tertiary alicyclic amines) is 1. The monoisotopic (exact) mass is 417 g/mol. The van der Waals surface area contributed by atoms with Gasteiger partial charge in [-0.2, -0.15) is 9.82 Å². The predicted molar refractivity (Wildman–Crippen MR) is 110 cm³/mol. The molecule has 1 amide bonds. The van der Waals surface area contributed by atoms with Crippen LogP contribution in [0.25, 0.3) is 0 Å². The number of aromatic amines is 1. The van der Waals surface area contributed by atoms with Crippen molar-refractivity contribution in [1.82, 2.24) is 19.8 Å². The maximum Gasteiger partial charge on any atom is 0.274 e. The highest BCUT2D eigenvalue weighted by molar-refractivity contribution is 7.89. The van der Waals surface area contributed by atoms with Crippen molar-refractivity contribution in [1.29, 1.82) is 0 Å². The number of rotatable bonds is 2. The Bertz CT molecular complexity index is 1020. The number of fused-ring (bicyclic) bond motifs is 1. The van der Waals surface area contributed by atoms with Gasteiger partial charge in [-0.15, -0.1) is 0 Å². The minimum absolute atomic E-state index is 0.0854. The number of hydrogen-bond donors (Lipinski definition) is 3. The van der Waals surface area contributed by atoms with E-state index < -0.39 is 10.0 Å². The van der Waals surface area contributed by atoms with E-state index in [1.807, 2.05) is 12.1 Å². The van der Waals surface area contributed by atoms with Gasteiger partial charge in [-0.25, -0.2) is 8.42 Å². The average Bonchev–Trinajstić information content (AvgIpc) is 3.18. The third-order valence-electron chi connectivity index (χ3n) is 5.67. The van der Waals surface area contributed by atoms with Gasteiger partial charge < -0.3 is 10.2 Å². The summed E-state index contributed by atoms with van der Waals surface area (Å²) in [4.78, 5) is 14.9. The number of nitrogens with one attached hydrogen (secondary N) is 3. The lowest BCUT2D eigenvalue weighted by Gasteiger charge is -2.38. The number of nitrogens with zero attached hydrogens (tertiary/aromatic N) is 2. The van der Waals surface area contributed by atoms with Crippen molar-refractivity contribution < 1.29 is 13.2 Å². The molecule has 3 heterocycles. The molecule has 0 aliphatic carbocycles. The minimum atomic E-state index is -3.53. The summed E-state index contributed by atoms with van der Waals surface area (Å²) in [5.74, 6) is 0.0178. The fraction of sp³-hybridized carbons (Fsp3) is 0.500. The number of benzene rings is 1. The van der Waals surface area contributed by atoms with E-state index in [2.05, 4.69) is 41.0 Å². The number of hydrogen-bond acceptors (Lipinski definition) is 5. The normalized spacial score (nSPS) is 22.0. The molecule has 29 heavy (non-hydrogen) atoms. The second-order valence-electron chi connectivity index (χ2n) is 8.79. The van der Waals surface area contributed by atoms with Crippen molar-refractivity contribution in [3.8, 4) is 0 Å². The summed E-state index contributed by atoms with van der Waals surface area (Å²) in [6.07, 6.45) is 1.06. The number of sulfonamides is 1. The van der Waals surface area contributed by atoms with Gasteiger partial charge in [-0.1, -0.05) is 32.9 Å². The highest BCUT2D eigenvalue weighted by atomic mass is 32.2. The molecule has 3 N–H and O–H groups in total. The van der Waals surface area contributed by atoms with E-state index >= 15 is 0 Å². The van der Waals surface area contributed by atoms with E-state index in [0.29, 0.717) is 37.3 Å². The van der Waals surface area contributed by atoms with E-state index in [4.69, 9.17) is 0 Å². The molecule has 2 aromatic rings.